The minimum absolute atomic E-state index is 0. The minimum atomic E-state index is -1.15. The summed E-state index contributed by atoms with van der Waals surface area (Å²) in [7, 11) is 0. The summed E-state index contributed by atoms with van der Waals surface area (Å²) in [6.45, 7) is 1.38. The van der Waals surface area contributed by atoms with Gasteiger partial charge in [-0.3, -0.25) is 0 Å². The molecule has 4 aromatic carbocycles. The first-order valence-electron chi connectivity index (χ1n) is 11.6. The maximum atomic E-state index is 11.1. The Morgan fingerprint density at radius 3 is 0.784 bits per heavy atom. The second-order valence-corrected chi connectivity index (χ2v) is 8.19. The second-order valence-electron chi connectivity index (χ2n) is 8.19. The molecule has 0 aliphatic heterocycles. The van der Waals surface area contributed by atoms with Crippen molar-refractivity contribution in [2.75, 3.05) is 0 Å². The van der Waals surface area contributed by atoms with Crippen LogP contribution in [0.25, 0.3) is 0 Å². The molecule has 0 aromatic heterocycles. The maximum absolute atomic E-state index is 11.1. The molecule has 0 atom stereocenters. The molecular formula is C30H28N2NiO4. The van der Waals surface area contributed by atoms with Gasteiger partial charge in [-0.15, -0.1) is 0 Å². The Bertz CT molecular complexity index is 1010. The largest absolute Gasteiger partial charge is 2.00 e. The molecular weight excluding hydrogens is 511 g/mol. The zero-order chi connectivity index (χ0) is 25.6. The quantitative estimate of drug-likeness (QED) is 0.316. The number of amides is 2. The van der Waals surface area contributed by atoms with Crippen molar-refractivity contribution in [2.45, 2.75) is 26.2 Å². The van der Waals surface area contributed by atoms with Gasteiger partial charge in [0.05, 0.1) is 0 Å². The van der Waals surface area contributed by atoms with Gasteiger partial charge in [0.25, 0.3) is 0 Å². The fourth-order valence-corrected chi connectivity index (χ4v) is 3.59. The van der Waals surface area contributed by atoms with Crippen LogP contribution in [-0.2, 0) is 42.7 Å². The first-order valence-corrected chi connectivity index (χ1v) is 11.6. The van der Waals surface area contributed by atoms with Crippen LogP contribution in [0.15, 0.2) is 121 Å². The first kappa shape index (κ1) is 29.1. The van der Waals surface area contributed by atoms with Gasteiger partial charge in [0.15, 0.2) is 0 Å². The van der Waals surface area contributed by atoms with Crippen molar-refractivity contribution in [3.63, 3.8) is 0 Å². The van der Waals surface area contributed by atoms with Crippen LogP contribution in [0.2, 0.25) is 0 Å². The Hall–Kier alpha value is -4.09. The number of hydrogen-bond acceptors (Lipinski definition) is 4. The van der Waals surface area contributed by atoms with Crippen LogP contribution < -0.4 is 10.2 Å². The van der Waals surface area contributed by atoms with Gasteiger partial charge in [-0.2, -0.15) is 0 Å². The van der Waals surface area contributed by atoms with Gasteiger partial charge in [0.1, 0.15) is 12.2 Å². The SMILES string of the molecule is O=C([O-])N(Cc1ccccc1)Cc1ccccc1.O=C([O-])N(Cc1ccccc1)Cc1ccccc1.[Ni+2]. The summed E-state index contributed by atoms with van der Waals surface area (Å²) in [5.41, 5.74) is 3.82. The van der Waals surface area contributed by atoms with E-state index in [4.69, 9.17) is 0 Å². The van der Waals surface area contributed by atoms with E-state index in [0.717, 1.165) is 22.3 Å². The predicted octanol–water partition coefficient (Wildman–Crippen LogP) is 4.06. The molecule has 192 valence electrons. The van der Waals surface area contributed by atoms with Gasteiger partial charge < -0.3 is 29.6 Å². The van der Waals surface area contributed by atoms with Gasteiger partial charge in [-0.1, -0.05) is 121 Å². The average molecular weight is 539 g/mol. The van der Waals surface area contributed by atoms with Gasteiger partial charge in [-0.05, 0) is 22.3 Å². The number of hydrogen-bond donors (Lipinski definition) is 0. The summed E-state index contributed by atoms with van der Waals surface area (Å²) in [6, 6.07) is 38.0. The van der Waals surface area contributed by atoms with Crippen molar-refractivity contribution in [3.05, 3.63) is 144 Å². The van der Waals surface area contributed by atoms with Crippen molar-refractivity contribution in [3.8, 4) is 0 Å². The Morgan fingerprint density at radius 2 is 0.622 bits per heavy atom. The molecule has 37 heavy (non-hydrogen) atoms. The molecule has 2 amide bonds. The molecule has 7 heteroatoms. The molecule has 0 radical (unpaired) electrons. The number of rotatable bonds is 8. The molecule has 4 rings (SSSR count). The second kappa shape index (κ2) is 15.8. The van der Waals surface area contributed by atoms with Gasteiger partial charge >= 0.3 is 16.5 Å². The summed E-state index contributed by atoms with van der Waals surface area (Å²) in [5.74, 6) is 0. The summed E-state index contributed by atoms with van der Waals surface area (Å²) < 4.78 is 0. The molecule has 0 saturated carbocycles. The zero-order valence-corrected chi connectivity index (χ0v) is 21.2. The molecule has 0 unspecified atom stereocenters. The van der Waals surface area contributed by atoms with Crippen molar-refractivity contribution in [2.24, 2.45) is 0 Å². The van der Waals surface area contributed by atoms with E-state index in [0.29, 0.717) is 26.2 Å². The van der Waals surface area contributed by atoms with Crippen molar-refractivity contribution in [1.29, 1.82) is 0 Å². The molecule has 4 aromatic rings. The molecule has 0 fully saturated rings. The number of carbonyl (C=O) groups is 2. The van der Waals surface area contributed by atoms with E-state index < -0.39 is 12.2 Å². The van der Waals surface area contributed by atoms with E-state index in [1.54, 1.807) is 0 Å². The molecule has 0 spiro atoms. The Labute approximate surface area is 227 Å². The third-order valence-corrected chi connectivity index (χ3v) is 5.38. The van der Waals surface area contributed by atoms with Crippen LogP contribution in [0.3, 0.4) is 0 Å². The first-order chi connectivity index (χ1) is 17.5. The fourth-order valence-electron chi connectivity index (χ4n) is 3.59. The van der Waals surface area contributed by atoms with Crippen LogP contribution in [0.1, 0.15) is 22.3 Å². The number of benzene rings is 4. The number of carbonyl (C=O) groups excluding carboxylic acids is 2. The summed E-state index contributed by atoms with van der Waals surface area (Å²) in [5, 5.41) is 22.2. The molecule has 0 heterocycles. The third kappa shape index (κ3) is 10.6. The van der Waals surface area contributed by atoms with E-state index in [1.807, 2.05) is 121 Å². The van der Waals surface area contributed by atoms with Crippen LogP contribution >= 0.6 is 0 Å². The van der Waals surface area contributed by atoms with Crippen molar-refractivity contribution >= 4 is 12.2 Å². The summed E-state index contributed by atoms with van der Waals surface area (Å²) >= 11 is 0. The standard InChI is InChI=1S/2C15H15NO2.Ni/c2*17-15(18)16(11-13-7-3-1-4-8-13)12-14-9-5-2-6-10-14;/h2*1-10H,11-12H2,(H,17,18);/q;;+2/p-2. The van der Waals surface area contributed by atoms with Crippen molar-refractivity contribution in [1.82, 2.24) is 9.80 Å². The number of carboxylic acid groups (broad SMARTS) is 2. The maximum Gasteiger partial charge on any atom is 2.00 e. The Morgan fingerprint density at radius 1 is 0.432 bits per heavy atom. The molecule has 0 N–H and O–H groups in total. The predicted molar refractivity (Wildman–Crippen MR) is 135 cm³/mol. The summed E-state index contributed by atoms with van der Waals surface area (Å²) in [4.78, 5) is 24.8. The zero-order valence-electron chi connectivity index (χ0n) is 20.2. The van der Waals surface area contributed by atoms with Crippen LogP contribution in [-0.4, -0.2) is 22.0 Å². The molecule has 0 aliphatic rings. The van der Waals surface area contributed by atoms with E-state index in [2.05, 4.69) is 0 Å². The van der Waals surface area contributed by atoms with Crippen molar-refractivity contribution < 1.29 is 36.3 Å². The molecule has 6 nitrogen and oxygen atoms in total. The van der Waals surface area contributed by atoms with E-state index >= 15 is 0 Å². The minimum Gasteiger partial charge on any atom is -0.530 e. The monoisotopic (exact) mass is 538 g/mol. The van der Waals surface area contributed by atoms with Gasteiger partial charge in [0, 0.05) is 26.2 Å². The van der Waals surface area contributed by atoms with E-state index in [1.165, 1.54) is 9.80 Å². The molecule has 0 bridgehead atoms. The topological polar surface area (TPSA) is 86.7 Å². The molecule has 0 aliphatic carbocycles. The molecule has 0 saturated heterocycles. The number of nitrogens with zero attached hydrogens (tertiary/aromatic N) is 2. The van der Waals surface area contributed by atoms with Gasteiger partial charge in [-0.25, -0.2) is 0 Å². The Kier molecular flexibility index (Phi) is 12.5. The smallest absolute Gasteiger partial charge is 0.530 e. The average Bonchev–Trinajstić information content (AvgIpc) is 2.91. The van der Waals surface area contributed by atoms with Crippen LogP contribution in [0, 0.1) is 0 Å². The third-order valence-electron chi connectivity index (χ3n) is 5.38. The summed E-state index contributed by atoms with van der Waals surface area (Å²) in [6.07, 6.45) is -2.30. The van der Waals surface area contributed by atoms with E-state index in [-0.39, 0.29) is 16.5 Å². The Balaban J connectivity index is 0.000000253. The van der Waals surface area contributed by atoms with Crippen LogP contribution in [0.5, 0.6) is 0 Å². The normalized spacial score (nSPS) is 9.73. The van der Waals surface area contributed by atoms with E-state index in [9.17, 15) is 19.8 Å². The van der Waals surface area contributed by atoms with Gasteiger partial charge in [0.2, 0.25) is 0 Å². The fraction of sp³-hybridized carbons (Fsp3) is 0.133. The van der Waals surface area contributed by atoms with Crippen LogP contribution in [0.4, 0.5) is 9.59 Å².